The van der Waals surface area contributed by atoms with E-state index in [9.17, 15) is 0 Å². The lowest BCUT2D eigenvalue weighted by Gasteiger charge is -2.27. The first-order chi connectivity index (χ1) is 22.8. The number of benzene rings is 7. The van der Waals surface area contributed by atoms with Crippen LogP contribution in [0.3, 0.4) is 0 Å². The van der Waals surface area contributed by atoms with Gasteiger partial charge in [0.05, 0.1) is 22.1 Å². The van der Waals surface area contributed by atoms with E-state index in [1.54, 1.807) is 0 Å². The Morgan fingerprint density at radius 3 is 1.67 bits per heavy atom. The largest absolute Gasteiger partial charge is 0.456 e. The molecule has 7 aromatic carbocycles. The molecule has 0 N–H and O–H groups in total. The summed E-state index contributed by atoms with van der Waals surface area (Å²) in [5, 5.41) is 6.22. The molecule has 10 aromatic rings. The highest BCUT2D eigenvalue weighted by atomic mass is 16.4. The highest BCUT2D eigenvalue weighted by Crippen LogP contribution is 2.50. The Hall–Kier alpha value is -6.26. The number of hydrogen-bond donors (Lipinski definition) is 0. The molecule has 4 nitrogen and oxygen atoms in total. The van der Waals surface area contributed by atoms with Crippen LogP contribution in [0.4, 0.5) is 17.1 Å². The summed E-state index contributed by atoms with van der Waals surface area (Å²) in [7, 11) is 0. The van der Waals surface area contributed by atoms with E-state index in [0.29, 0.717) is 0 Å². The number of fused-ring (bicyclic) bond motifs is 10. The van der Waals surface area contributed by atoms with Crippen molar-refractivity contribution in [3.05, 3.63) is 152 Å². The van der Waals surface area contributed by atoms with E-state index < -0.39 is 0 Å². The molecule has 0 aliphatic heterocycles. The minimum atomic E-state index is 0.736. The second kappa shape index (κ2) is 9.62. The molecule has 0 saturated heterocycles. The van der Waals surface area contributed by atoms with Gasteiger partial charge < -0.3 is 18.2 Å². The summed E-state index contributed by atoms with van der Waals surface area (Å²) < 4.78 is 19.5. The molecule has 4 heteroatoms. The number of para-hydroxylation sites is 3. The third-order valence-electron chi connectivity index (χ3n) is 9.07. The zero-order valence-corrected chi connectivity index (χ0v) is 24.6. The fraction of sp³-hybridized carbons (Fsp3) is 0. The predicted octanol–water partition coefficient (Wildman–Crippen LogP) is 12.5. The SMILES string of the molecule is c1ccc(-c2ccc(N(c3cccc4oc5ccccc5c34)c3cc4c5ccccc5oc4c4oc5ccccc5c34)cc2)cc1. The molecule has 46 heavy (non-hydrogen) atoms. The van der Waals surface area contributed by atoms with Crippen LogP contribution in [0.1, 0.15) is 0 Å². The third kappa shape index (κ3) is 3.61. The lowest BCUT2D eigenvalue weighted by molar-refractivity contribution is 0.633. The maximum absolute atomic E-state index is 6.64. The molecule has 0 unspecified atom stereocenters. The molecule has 0 fully saturated rings. The zero-order chi connectivity index (χ0) is 30.2. The van der Waals surface area contributed by atoms with Crippen molar-refractivity contribution in [1.29, 1.82) is 0 Å². The molecule has 10 rings (SSSR count). The normalized spacial score (nSPS) is 11.9. The Morgan fingerprint density at radius 2 is 0.913 bits per heavy atom. The van der Waals surface area contributed by atoms with Crippen LogP contribution in [0, 0.1) is 0 Å². The topological polar surface area (TPSA) is 42.7 Å². The highest BCUT2D eigenvalue weighted by molar-refractivity contribution is 6.25. The van der Waals surface area contributed by atoms with Gasteiger partial charge in [0.15, 0.2) is 11.2 Å². The number of hydrogen-bond acceptors (Lipinski definition) is 4. The standard InChI is InChI=1S/C42H25NO3/c1-2-11-26(12-3-1)27-21-23-28(24-22-27)43(33-16-10-20-38-39(33)30-14-5-8-18-36(30)44-38)34-25-32-29-13-4-7-17-35(29)45-41(32)42-40(34)31-15-6-9-19-37(31)46-42/h1-25H. The van der Waals surface area contributed by atoms with Crippen LogP contribution >= 0.6 is 0 Å². The molecule has 0 atom stereocenters. The van der Waals surface area contributed by atoms with Crippen molar-refractivity contribution < 1.29 is 13.3 Å². The molecule has 0 aliphatic rings. The second-order valence-corrected chi connectivity index (χ2v) is 11.7. The Bertz CT molecular complexity index is 2750. The fourth-order valence-corrected chi connectivity index (χ4v) is 7.01. The number of furan rings is 3. The van der Waals surface area contributed by atoms with E-state index in [4.69, 9.17) is 13.3 Å². The number of nitrogens with zero attached hydrogens (tertiary/aromatic N) is 1. The van der Waals surface area contributed by atoms with Crippen LogP contribution in [0.15, 0.2) is 165 Å². The molecule has 0 aliphatic carbocycles. The minimum absolute atomic E-state index is 0.736. The number of anilines is 3. The first-order valence-electron chi connectivity index (χ1n) is 15.4. The van der Waals surface area contributed by atoms with Crippen molar-refractivity contribution >= 4 is 82.9 Å². The van der Waals surface area contributed by atoms with Gasteiger partial charge in [0.1, 0.15) is 22.3 Å². The Kier molecular flexibility index (Phi) is 5.25. The van der Waals surface area contributed by atoms with E-state index >= 15 is 0 Å². The molecule has 3 aromatic heterocycles. The van der Waals surface area contributed by atoms with Gasteiger partial charge >= 0.3 is 0 Å². The summed E-state index contributed by atoms with van der Waals surface area (Å²) in [5.74, 6) is 0. The summed E-state index contributed by atoms with van der Waals surface area (Å²) >= 11 is 0. The van der Waals surface area contributed by atoms with Gasteiger partial charge in [-0.25, -0.2) is 0 Å². The van der Waals surface area contributed by atoms with Crippen molar-refractivity contribution in [3.8, 4) is 11.1 Å². The number of rotatable bonds is 4. The molecule has 216 valence electrons. The quantitative estimate of drug-likeness (QED) is 0.204. The van der Waals surface area contributed by atoms with Crippen molar-refractivity contribution in [2.45, 2.75) is 0 Å². The maximum Gasteiger partial charge on any atom is 0.180 e. The average Bonchev–Trinajstić information content (AvgIpc) is 3.81. The van der Waals surface area contributed by atoms with E-state index in [1.807, 2.05) is 48.5 Å². The first-order valence-corrected chi connectivity index (χ1v) is 15.4. The molecule has 0 radical (unpaired) electrons. The monoisotopic (exact) mass is 591 g/mol. The smallest absolute Gasteiger partial charge is 0.180 e. The van der Waals surface area contributed by atoms with Crippen molar-refractivity contribution in [2.75, 3.05) is 4.90 Å². The van der Waals surface area contributed by atoms with Crippen LogP contribution in [0.5, 0.6) is 0 Å². The van der Waals surface area contributed by atoms with Crippen molar-refractivity contribution in [3.63, 3.8) is 0 Å². The first kappa shape index (κ1) is 25.1. The van der Waals surface area contributed by atoms with E-state index in [1.165, 1.54) is 5.56 Å². The van der Waals surface area contributed by atoms with Gasteiger partial charge in [-0.05, 0) is 59.7 Å². The average molecular weight is 592 g/mol. The van der Waals surface area contributed by atoms with Crippen LogP contribution in [0.2, 0.25) is 0 Å². The van der Waals surface area contributed by atoms with E-state index in [2.05, 4.69) is 108 Å². The van der Waals surface area contributed by atoms with Crippen molar-refractivity contribution in [1.82, 2.24) is 0 Å². The zero-order valence-electron chi connectivity index (χ0n) is 24.6. The van der Waals surface area contributed by atoms with Crippen molar-refractivity contribution in [2.24, 2.45) is 0 Å². The molecule has 0 spiro atoms. The highest BCUT2D eigenvalue weighted by Gasteiger charge is 2.26. The Balaban J connectivity index is 1.35. The van der Waals surface area contributed by atoms with Crippen LogP contribution in [-0.2, 0) is 0 Å². The van der Waals surface area contributed by atoms with Crippen LogP contribution < -0.4 is 4.90 Å². The molecular weight excluding hydrogens is 566 g/mol. The van der Waals surface area contributed by atoms with Gasteiger partial charge in [-0.15, -0.1) is 0 Å². The minimum Gasteiger partial charge on any atom is -0.456 e. The van der Waals surface area contributed by atoms with E-state index in [-0.39, 0.29) is 0 Å². The Labute approximate surface area is 263 Å². The third-order valence-corrected chi connectivity index (χ3v) is 9.07. The van der Waals surface area contributed by atoms with Crippen LogP contribution in [0.25, 0.3) is 76.9 Å². The Morgan fingerprint density at radius 1 is 0.348 bits per heavy atom. The molecule has 0 amide bonds. The summed E-state index contributed by atoms with van der Waals surface area (Å²) in [5.41, 5.74) is 10.2. The lowest BCUT2D eigenvalue weighted by Crippen LogP contribution is -2.11. The summed E-state index contributed by atoms with van der Waals surface area (Å²) in [6.07, 6.45) is 0. The van der Waals surface area contributed by atoms with Gasteiger partial charge in [-0.1, -0.05) is 103 Å². The lowest BCUT2D eigenvalue weighted by atomic mass is 10.0. The second-order valence-electron chi connectivity index (χ2n) is 11.7. The molecule has 0 saturated carbocycles. The van der Waals surface area contributed by atoms with Crippen LogP contribution in [-0.4, -0.2) is 0 Å². The summed E-state index contributed by atoms with van der Waals surface area (Å²) in [6.45, 7) is 0. The summed E-state index contributed by atoms with van der Waals surface area (Å²) in [4.78, 5) is 2.35. The molecular formula is C42H25NO3. The summed E-state index contributed by atoms with van der Waals surface area (Å²) in [6, 6.07) is 52.5. The van der Waals surface area contributed by atoms with E-state index in [0.717, 1.165) is 88.4 Å². The predicted molar refractivity (Wildman–Crippen MR) is 188 cm³/mol. The van der Waals surface area contributed by atoms with Gasteiger partial charge in [0.2, 0.25) is 0 Å². The molecule has 0 bridgehead atoms. The van der Waals surface area contributed by atoms with Gasteiger partial charge in [-0.2, -0.15) is 0 Å². The van der Waals surface area contributed by atoms with Gasteiger partial charge in [0.25, 0.3) is 0 Å². The maximum atomic E-state index is 6.64. The van der Waals surface area contributed by atoms with Gasteiger partial charge in [-0.3, -0.25) is 0 Å². The van der Waals surface area contributed by atoms with Gasteiger partial charge in [0, 0.05) is 27.2 Å². The fourth-order valence-electron chi connectivity index (χ4n) is 7.01. The molecule has 3 heterocycles.